The van der Waals surface area contributed by atoms with Crippen LogP contribution >= 0.6 is 0 Å². The van der Waals surface area contributed by atoms with Gasteiger partial charge in [-0.05, 0) is 25.7 Å². The molecule has 1 spiro atoms. The van der Waals surface area contributed by atoms with Crippen molar-refractivity contribution in [2.24, 2.45) is 16.6 Å². The molecule has 2 N–H and O–H groups in total. The Bertz CT molecular complexity index is 290. The average Bonchev–Trinajstić information content (AvgIpc) is 2.55. The van der Waals surface area contributed by atoms with Crippen LogP contribution in [0.2, 0.25) is 0 Å². The Labute approximate surface area is 97.9 Å². The number of ether oxygens (including phenoxy) is 1. The zero-order chi connectivity index (χ0) is 11.8. The Morgan fingerprint density at radius 2 is 2.38 bits per heavy atom. The Kier molecular flexibility index (Phi) is 3.10. The third-order valence-electron chi connectivity index (χ3n) is 3.92. The molecule has 2 unspecified atom stereocenters. The third kappa shape index (κ3) is 1.79. The number of nitrogens with two attached hydrogens (primary N) is 1. The first-order valence-corrected chi connectivity index (χ1v) is 6.28. The molecule has 0 aromatic carbocycles. The van der Waals surface area contributed by atoms with Gasteiger partial charge in [0, 0.05) is 13.2 Å². The number of aliphatic imine (C=N–C) groups is 1. The van der Waals surface area contributed by atoms with Crippen LogP contribution < -0.4 is 5.73 Å². The molecule has 2 aliphatic heterocycles. The van der Waals surface area contributed by atoms with E-state index in [0.717, 1.165) is 32.5 Å². The molecule has 16 heavy (non-hydrogen) atoms. The minimum absolute atomic E-state index is 0.145. The van der Waals surface area contributed by atoms with Crippen molar-refractivity contribution in [3.05, 3.63) is 0 Å². The van der Waals surface area contributed by atoms with Gasteiger partial charge in [-0.15, -0.1) is 0 Å². The van der Waals surface area contributed by atoms with Crippen LogP contribution in [0.3, 0.4) is 0 Å². The number of guanidine groups is 1. The van der Waals surface area contributed by atoms with Crippen molar-refractivity contribution in [1.82, 2.24) is 4.90 Å². The molecule has 4 heteroatoms. The Morgan fingerprint density at radius 1 is 1.62 bits per heavy atom. The number of nitrogens with zero attached hydrogens (tertiary/aromatic N) is 2. The van der Waals surface area contributed by atoms with Gasteiger partial charge in [-0.2, -0.15) is 0 Å². The Hall–Kier alpha value is -0.770. The summed E-state index contributed by atoms with van der Waals surface area (Å²) >= 11 is 0. The molecule has 92 valence electrons. The number of hydrogen-bond acceptors (Lipinski definition) is 4. The zero-order valence-corrected chi connectivity index (χ0v) is 10.6. The highest BCUT2D eigenvalue weighted by Gasteiger charge is 2.45. The SMILES string of the molecule is CCN1C(N)=NCC12CCOC(C(C)C)C2. The highest BCUT2D eigenvalue weighted by Crippen LogP contribution is 2.36. The van der Waals surface area contributed by atoms with Crippen molar-refractivity contribution >= 4 is 5.96 Å². The smallest absolute Gasteiger partial charge is 0.191 e. The standard InChI is InChI=1S/C12H23N3O/c1-4-15-11(13)14-8-12(15)5-6-16-10(7-12)9(2)3/h9-10H,4-8H2,1-3H3,(H2,13,14). The lowest BCUT2D eigenvalue weighted by Crippen LogP contribution is -2.56. The van der Waals surface area contributed by atoms with Gasteiger partial charge in [0.2, 0.25) is 0 Å². The molecule has 0 aromatic heterocycles. The van der Waals surface area contributed by atoms with Crippen LogP contribution in [0.1, 0.15) is 33.6 Å². The summed E-state index contributed by atoms with van der Waals surface area (Å²) in [5, 5.41) is 0. The fraction of sp³-hybridized carbons (Fsp3) is 0.917. The fourth-order valence-electron chi connectivity index (χ4n) is 2.89. The first-order valence-electron chi connectivity index (χ1n) is 6.28. The largest absolute Gasteiger partial charge is 0.378 e. The van der Waals surface area contributed by atoms with Crippen LogP contribution in [-0.4, -0.2) is 42.2 Å². The first-order chi connectivity index (χ1) is 7.59. The van der Waals surface area contributed by atoms with E-state index in [1.54, 1.807) is 0 Å². The van der Waals surface area contributed by atoms with E-state index in [4.69, 9.17) is 10.5 Å². The molecule has 1 saturated heterocycles. The molecule has 4 nitrogen and oxygen atoms in total. The van der Waals surface area contributed by atoms with Gasteiger partial charge in [0.25, 0.3) is 0 Å². The van der Waals surface area contributed by atoms with Gasteiger partial charge in [-0.25, -0.2) is 0 Å². The average molecular weight is 225 g/mol. The van der Waals surface area contributed by atoms with Gasteiger partial charge in [-0.1, -0.05) is 13.8 Å². The molecule has 0 amide bonds. The fourth-order valence-corrected chi connectivity index (χ4v) is 2.89. The molecule has 2 rings (SSSR count). The zero-order valence-electron chi connectivity index (χ0n) is 10.6. The summed E-state index contributed by atoms with van der Waals surface area (Å²) in [6, 6.07) is 0. The third-order valence-corrected chi connectivity index (χ3v) is 3.92. The highest BCUT2D eigenvalue weighted by atomic mass is 16.5. The van der Waals surface area contributed by atoms with E-state index in [9.17, 15) is 0 Å². The lowest BCUT2D eigenvalue weighted by molar-refractivity contribution is -0.0665. The van der Waals surface area contributed by atoms with Crippen LogP contribution in [0.5, 0.6) is 0 Å². The second-order valence-electron chi connectivity index (χ2n) is 5.25. The summed E-state index contributed by atoms with van der Waals surface area (Å²) in [6.07, 6.45) is 2.46. The predicted octanol–water partition coefficient (Wildman–Crippen LogP) is 1.21. The number of hydrogen-bond donors (Lipinski definition) is 1. The highest BCUT2D eigenvalue weighted by molar-refractivity contribution is 5.81. The summed E-state index contributed by atoms with van der Waals surface area (Å²) in [6.45, 7) is 9.22. The van der Waals surface area contributed by atoms with Crippen LogP contribution in [0, 0.1) is 5.92 Å². The van der Waals surface area contributed by atoms with Gasteiger partial charge in [-0.3, -0.25) is 4.99 Å². The summed E-state index contributed by atoms with van der Waals surface area (Å²) < 4.78 is 5.84. The van der Waals surface area contributed by atoms with Crippen LogP contribution in [-0.2, 0) is 4.74 Å². The second-order valence-corrected chi connectivity index (χ2v) is 5.25. The first kappa shape index (κ1) is 11.7. The molecular weight excluding hydrogens is 202 g/mol. The van der Waals surface area contributed by atoms with E-state index >= 15 is 0 Å². The Morgan fingerprint density at radius 3 is 3.00 bits per heavy atom. The van der Waals surface area contributed by atoms with E-state index in [2.05, 4.69) is 30.7 Å². The van der Waals surface area contributed by atoms with E-state index in [-0.39, 0.29) is 5.54 Å². The van der Waals surface area contributed by atoms with Gasteiger partial charge in [0.15, 0.2) is 5.96 Å². The van der Waals surface area contributed by atoms with Crippen molar-refractivity contribution in [1.29, 1.82) is 0 Å². The van der Waals surface area contributed by atoms with E-state index in [1.165, 1.54) is 0 Å². The summed E-state index contributed by atoms with van der Waals surface area (Å²) in [5.41, 5.74) is 6.10. The molecule has 0 saturated carbocycles. The quantitative estimate of drug-likeness (QED) is 0.768. The van der Waals surface area contributed by atoms with Crippen LogP contribution in [0.4, 0.5) is 0 Å². The van der Waals surface area contributed by atoms with Crippen molar-refractivity contribution in [2.45, 2.75) is 45.3 Å². The second kappa shape index (κ2) is 4.24. The molecule has 1 fully saturated rings. The molecule has 2 aliphatic rings. The van der Waals surface area contributed by atoms with Crippen molar-refractivity contribution in [3.8, 4) is 0 Å². The summed E-state index contributed by atoms with van der Waals surface area (Å²) in [7, 11) is 0. The summed E-state index contributed by atoms with van der Waals surface area (Å²) in [5.74, 6) is 1.28. The van der Waals surface area contributed by atoms with E-state index < -0.39 is 0 Å². The maximum atomic E-state index is 5.95. The van der Waals surface area contributed by atoms with Gasteiger partial charge >= 0.3 is 0 Å². The van der Waals surface area contributed by atoms with Crippen LogP contribution in [0.25, 0.3) is 0 Å². The van der Waals surface area contributed by atoms with Crippen molar-refractivity contribution in [2.75, 3.05) is 19.7 Å². The molecular formula is C12H23N3O. The Balaban J connectivity index is 2.13. The lowest BCUT2D eigenvalue weighted by atomic mass is 9.82. The molecule has 2 atom stereocenters. The molecule has 0 aromatic rings. The van der Waals surface area contributed by atoms with E-state index in [1.807, 2.05) is 0 Å². The van der Waals surface area contributed by atoms with Crippen LogP contribution in [0.15, 0.2) is 4.99 Å². The minimum Gasteiger partial charge on any atom is -0.378 e. The van der Waals surface area contributed by atoms with Crippen molar-refractivity contribution < 1.29 is 4.74 Å². The van der Waals surface area contributed by atoms with Gasteiger partial charge in [0.05, 0.1) is 18.2 Å². The minimum atomic E-state index is 0.145. The number of likely N-dealkylation sites (N-methyl/N-ethyl adjacent to an activating group) is 1. The molecule has 0 radical (unpaired) electrons. The molecule has 0 bridgehead atoms. The normalized spacial score (nSPS) is 34.9. The summed E-state index contributed by atoms with van der Waals surface area (Å²) in [4.78, 5) is 6.69. The van der Waals surface area contributed by atoms with Gasteiger partial charge < -0.3 is 15.4 Å². The molecule has 0 aliphatic carbocycles. The van der Waals surface area contributed by atoms with Gasteiger partial charge in [0.1, 0.15) is 0 Å². The monoisotopic (exact) mass is 225 g/mol. The maximum Gasteiger partial charge on any atom is 0.191 e. The predicted molar refractivity (Wildman–Crippen MR) is 65.4 cm³/mol. The topological polar surface area (TPSA) is 50.8 Å². The number of rotatable bonds is 2. The molecule has 2 heterocycles. The van der Waals surface area contributed by atoms with Crippen molar-refractivity contribution in [3.63, 3.8) is 0 Å². The lowest BCUT2D eigenvalue weighted by Gasteiger charge is -2.45. The maximum absolute atomic E-state index is 5.95. The van der Waals surface area contributed by atoms with E-state index in [0.29, 0.717) is 18.0 Å².